The van der Waals surface area contributed by atoms with E-state index in [0.29, 0.717) is 12.1 Å². The first-order valence-electron chi connectivity index (χ1n) is 13.0. The number of nitrogens with zero attached hydrogens (tertiary/aromatic N) is 1. The first-order valence-corrected chi connectivity index (χ1v) is 13.0. The molecule has 2 aromatic heterocycles. The molecule has 0 spiro atoms. The molecule has 4 atom stereocenters. The number of H-pyrrole nitrogens is 2. The van der Waals surface area contributed by atoms with Crippen LogP contribution < -0.4 is 5.32 Å². The standard InChI is InChI=1S/C29H34N4/c1-2-18-17-33-14-12-23-21-8-4-6-10-25(21)32-29(23)27(33)16-19(18)15-26-28-22(11-13-30-26)20-7-3-5-9-24(20)31-28/h3-10,18-19,26-27,30-32H,2,11-17H2,1H3/t18-,19+,26+,27+/m1/s1. The van der Waals surface area contributed by atoms with E-state index in [1.54, 1.807) is 11.1 Å². The lowest BCUT2D eigenvalue weighted by atomic mass is 9.74. The maximum atomic E-state index is 3.89. The largest absolute Gasteiger partial charge is 0.357 e. The van der Waals surface area contributed by atoms with Gasteiger partial charge in [0.05, 0.1) is 6.04 Å². The third kappa shape index (κ3) is 3.11. The van der Waals surface area contributed by atoms with Gasteiger partial charge in [0.1, 0.15) is 0 Å². The Labute approximate surface area is 195 Å². The number of benzene rings is 2. The molecular weight excluding hydrogens is 404 g/mol. The lowest BCUT2D eigenvalue weighted by molar-refractivity contribution is 0.0419. The molecule has 0 bridgehead atoms. The first kappa shape index (κ1) is 19.9. The summed E-state index contributed by atoms with van der Waals surface area (Å²) in [4.78, 5) is 10.4. The number of aromatic nitrogens is 2. The number of piperidine rings is 1. The highest BCUT2D eigenvalue weighted by atomic mass is 15.2. The van der Waals surface area contributed by atoms with Gasteiger partial charge in [-0.2, -0.15) is 0 Å². The normalized spacial score (nSPS) is 27.4. The number of fused-ring (bicyclic) bond motifs is 8. The maximum Gasteiger partial charge on any atom is 0.0504 e. The molecule has 1 fully saturated rings. The Bertz CT molecular complexity index is 1310. The molecule has 5 heterocycles. The number of hydrogen-bond donors (Lipinski definition) is 3. The second-order valence-electron chi connectivity index (χ2n) is 10.5. The molecule has 170 valence electrons. The van der Waals surface area contributed by atoms with Gasteiger partial charge in [-0.1, -0.05) is 49.7 Å². The molecule has 2 aromatic carbocycles. The van der Waals surface area contributed by atoms with Gasteiger partial charge in [0.2, 0.25) is 0 Å². The summed E-state index contributed by atoms with van der Waals surface area (Å²) in [5, 5.41) is 6.76. The molecule has 3 N–H and O–H groups in total. The third-order valence-corrected chi connectivity index (χ3v) is 8.96. The summed E-state index contributed by atoms with van der Waals surface area (Å²) >= 11 is 0. The van der Waals surface area contributed by atoms with Crippen LogP contribution in [0.3, 0.4) is 0 Å². The molecule has 3 aliphatic heterocycles. The Morgan fingerprint density at radius 1 is 0.848 bits per heavy atom. The van der Waals surface area contributed by atoms with Crippen molar-refractivity contribution >= 4 is 21.8 Å². The van der Waals surface area contributed by atoms with Crippen molar-refractivity contribution in [2.75, 3.05) is 19.6 Å². The first-order chi connectivity index (χ1) is 16.3. The fraction of sp³-hybridized carbons (Fsp3) is 0.448. The molecule has 0 aliphatic carbocycles. The van der Waals surface area contributed by atoms with Gasteiger partial charge in [0, 0.05) is 52.3 Å². The van der Waals surface area contributed by atoms with E-state index in [-0.39, 0.29) is 0 Å². The zero-order valence-electron chi connectivity index (χ0n) is 19.5. The van der Waals surface area contributed by atoms with E-state index in [4.69, 9.17) is 0 Å². The van der Waals surface area contributed by atoms with E-state index >= 15 is 0 Å². The quantitative estimate of drug-likeness (QED) is 0.374. The fourth-order valence-electron chi connectivity index (χ4n) is 7.30. The average molecular weight is 439 g/mol. The summed E-state index contributed by atoms with van der Waals surface area (Å²) in [6.45, 7) is 5.94. The van der Waals surface area contributed by atoms with Crippen molar-refractivity contribution in [1.82, 2.24) is 20.2 Å². The van der Waals surface area contributed by atoms with E-state index in [1.807, 2.05) is 0 Å². The summed E-state index contributed by atoms with van der Waals surface area (Å²) in [6, 6.07) is 18.7. The minimum absolute atomic E-state index is 0.442. The Kier molecular flexibility index (Phi) is 4.66. The Hall–Kier alpha value is -2.56. The van der Waals surface area contributed by atoms with Crippen molar-refractivity contribution in [2.45, 2.75) is 51.1 Å². The van der Waals surface area contributed by atoms with E-state index in [0.717, 1.165) is 24.8 Å². The van der Waals surface area contributed by atoms with Crippen LogP contribution in [0, 0.1) is 11.8 Å². The molecule has 4 aromatic rings. The highest BCUT2D eigenvalue weighted by Gasteiger charge is 2.41. The highest BCUT2D eigenvalue weighted by Crippen LogP contribution is 2.46. The summed E-state index contributed by atoms with van der Waals surface area (Å²) in [7, 11) is 0. The van der Waals surface area contributed by atoms with Gasteiger partial charge in [-0.05, 0) is 67.3 Å². The minimum Gasteiger partial charge on any atom is -0.357 e. The summed E-state index contributed by atoms with van der Waals surface area (Å²) < 4.78 is 0. The second-order valence-corrected chi connectivity index (χ2v) is 10.5. The summed E-state index contributed by atoms with van der Waals surface area (Å²) in [6.07, 6.45) is 6.09. The van der Waals surface area contributed by atoms with E-state index in [2.05, 4.69) is 75.6 Å². The molecule has 3 aliphatic rings. The van der Waals surface area contributed by atoms with Crippen molar-refractivity contribution in [1.29, 1.82) is 0 Å². The van der Waals surface area contributed by atoms with Crippen LogP contribution in [-0.4, -0.2) is 34.5 Å². The van der Waals surface area contributed by atoms with Crippen LogP contribution >= 0.6 is 0 Å². The van der Waals surface area contributed by atoms with Crippen molar-refractivity contribution in [2.24, 2.45) is 11.8 Å². The molecule has 33 heavy (non-hydrogen) atoms. The Morgan fingerprint density at radius 2 is 1.55 bits per heavy atom. The molecule has 0 saturated carbocycles. The molecular formula is C29H34N4. The Morgan fingerprint density at radius 3 is 2.30 bits per heavy atom. The molecule has 4 nitrogen and oxygen atoms in total. The molecule has 0 amide bonds. The van der Waals surface area contributed by atoms with Crippen molar-refractivity contribution in [3.63, 3.8) is 0 Å². The summed E-state index contributed by atoms with van der Waals surface area (Å²) in [5.74, 6) is 1.52. The van der Waals surface area contributed by atoms with Gasteiger partial charge in [0.25, 0.3) is 0 Å². The fourth-order valence-corrected chi connectivity index (χ4v) is 7.30. The van der Waals surface area contributed by atoms with Gasteiger partial charge >= 0.3 is 0 Å². The predicted molar refractivity (Wildman–Crippen MR) is 136 cm³/mol. The zero-order chi connectivity index (χ0) is 21.9. The van der Waals surface area contributed by atoms with Crippen molar-refractivity contribution in [3.05, 3.63) is 71.0 Å². The summed E-state index contributed by atoms with van der Waals surface area (Å²) in [5.41, 5.74) is 8.70. The van der Waals surface area contributed by atoms with Crippen LogP contribution in [0.5, 0.6) is 0 Å². The number of para-hydroxylation sites is 2. The van der Waals surface area contributed by atoms with Crippen LogP contribution in [-0.2, 0) is 12.8 Å². The number of aromatic amines is 2. The molecule has 4 heteroatoms. The monoisotopic (exact) mass is 438 g/mol. The lowest BCUT2D eigenvalue weighted by Crippen LogP contribution is -2.46. The van der Waals surface area contributed by atoms with Crippen LogP contribution in [0.2, 0.25) is 0 Å². The lowest BCUT2D eigenvalue weighted by Gasteiger charge is -2.47. The third-order valence-electron chi connectivity index (χ3n) is 8.96. The van der Waals surface area contributed by atoms with Gasteiger partial charge in [-0.3, -0.25) is 4.90 Å². The van der Waals surface area contributed by atoms with Crippen LogP contribution in [0.1, 0.15) is 60.8 Å². The number of nitrogens with one attached hydrogen (secondary N) is 3. The Balaban J connectivity index is 1.21. The van der Waals surface area contributed by atoms with E-state index in [1.165, 1.54) is 72.0 Å². The topological polar surface area (TPSA) is 46.9 Å². The molecule has 1 saturated heterocycles. The van der Waals surface area contributed by atoms with Crippen molar-refractivity contribution in [3.8, 4) is 0 Å². The number of hydrogen-bond acceptors (Lipinski definition) is 2. The van der Waals surface area contributed by atoms with Crippen molar-refractivity contribution < 1.29 is 0 Å². The van der Waals surface area contributed by atoms with Gasteiger partial charge in [-0.25, -0.2) is 0 Å². The molecule has 0 unspecified atom stereocenters. The molecule has 0 radical (unpaired) electrons. The second kappa shape index (κ2) is 7.75. The van der Waals surface area contributed by atoms with Crippen LogP contribution in [0.4, 0.5) is 0 Å². The van der Waals surface area contributed by atoms with Crippen LogP contribution in [0.25, 0.3) is 21.8 Å². The SMILES string of the molecule is CC[C@@H]1CN2CCc3c([nH]c4ccccc34)[C@@H]2C[C@@H]1C[C@@H]1NCCc2c1[nH]c1ccccc21. The van der Waals surface area contributed by atoms with E-state index in [9.17, 15) is 0 Å². The molecule has 7 rings (SSSR count). The smallest absolute Gasteiger partial charge is 0.0504 e. The van der Waals surface area contributed by atoms with Gasteiger partial charge < -0.3 is 15.3 Å². The minimum atomic E-state index is 0.442. The predicted octanol–water partition coefficient (Wildman–Crippen LogP) is 5.87. The van der Waals surface area contributed by atoms with Gasteiger partial charge in [-0.15, -0.1) is 0 Å². The zero-order valence-corrected chi connectivity index (χ0v) is 19.5. The highest BCUT2D eigenvalue weighted by molar-refractivity contribution is 5.86. The van der Waals surface area contributed by atoms with Gasteiger partial charge in [0.15, 0.2) is 0 Å². The maximum absolute atomic E-state index is 3.89. The van der Waals surface area contributed by atoms with E-state index < -0.39 is 0 Å². The van der Waals surface area contributed by atoms with Crippen LogP contribution in [0.15, 0.2) is 48.5 Å². The average Bonchev–Trinajstić information content (AvgIpc) is 3.43. The number of rotatable bonds is 3.